The number of para-hydroxylation sites is 1. The first-order chi connectivity index (χ1) is 15.6. The Morgan fingerprint density at radius 2 is 1.88 bits per heavy atom. The van der Waals surface area contributed by atoms with Crippen molar-refractivity contribution in [2.45, 2.75) is 38.3 Å². The molecule has 2 amide bonds. The number of likely N-dealkylation sites (tertiary alicyclic amines) is 1. The average molecular weight is 440 g/mol. The standard InChI is InChI=1S/C25H30FN3O3/c26-20-11-9-18(10-12-20)16-29-13-3-5-19(17-29)24(30)28-23-8-2-1-7-22(23)25(31)27-15-21-6-4-14-32-21/h1-2,7-12,19,21H,3-6,13-17H2,(H,27,31)(H,28,30). The van der Waals surface area contributed by atoms with Crippen LogP contribution in [0.25, 0.3) is 0 Å². The minimum absolute atomic E-state index is 0.0648. The summed E-state index contributed by atoms with van der Waals surface area (Å²) in [6.07, 6.45) is 3.76. The van der Waals surface area contributed by atoms with Crippen molar-refractivity contribution < 1.29 is 18.7 Å². The molecule has 2 N–H and O–H groups in total. The fourth-order valence-electron chi connectivity index (χ4n) is 4.39. The van der Waals surface area contributed by atoms with Gasteiger partial charge in [-0.25, -0.2) is 4.39 Å². The summed E-state index contributed by atoms with van der Waals surface area (Å²) in [5.41, 5.74) is 2.01. The van der Waals surface area contributed by atoms with Crippen LogP contribution in [0.15, 0.2) is 48.5 Å². The van der Waals surface area contributed by atoms with Crippen LogP contribution in [0.2, 0.25) is 0 Å². The second-order valence-corrected chi connectivity index (χ2v) is 8.58. The van der Waals surface area contributed by atoms with E-state index in [0.717, 1.165) is 44.4 Å². The largest absolute Gasteiger partial charge is 0.376 e. The first-order valence-corrected chi connectivity index (χ1v) is 11.3. The summed E-state index contributed by atoms with van der Waals surface area (Å²) in [6.45, 7) is 3.45. The quantitative estimate of drug-likeness (QED) is 0.692. The highest BCUT2D eigenvalue weighted by Gasteiger charge is 2.27. The van der Waals surface area contributed by atoms with Gasteiger partial charge in [-0.3, -0.25) is 14.5 Å². The fraction of sp³-hybridized carbons (Fsp3) is 0.440. The molecule has 2 aromatic carbocycles. The van der Waals surface area contributed by atoms with E-state index in [1.165, 1.54) is 12.1 Å². The van der Waals surface area contributed by atoms with Crippen LogP contribution in [0.3, 0.4) is 0 Å². The van der Waals surface area contributed by atoms with Gasteiger partial charge in [-0.15, -0.1) is 0 Å². The van der Waals surface area contributed by atoms with Crippen LogP contribution < -0.4 is 10.6 Å². The van der Waals surface area contributed by atoms with Gasteiger partial charge in [0.15, 0.2) is 0 Å². The van der Waals surface area contributed by atoms with E-state index in [0.29, 0.717) is 30.9 Å². The molecule has 0 spiro atoms. The zero-order chi connectivity index (χ0) is 22.3. The van der Waals surface area contributed by atoms with Gasteiger partial charge in [0.05, 0.1) is 23.3 Å². The fourth-order valence-corrected chi connectivity index (χ4v) is 4.39. The molecule has 4 rings (SSSR count). The van der Waals surface area contributed by atoms with Gasteiger partial charge in [0.2, 0.25) is 5.91 Å². The van der Waals surface area contributed by atoms with E-state index < -0.39 is 0 Å². The summed E-state index contributed by atoms with van der Waals surface area (Å²) in [4.78, 5) is 27.9. The molecular weight excluding hydrogens is 409 g/mol. The van der Waals surface area contributed by atoms with Crippen LogP contribution in [0.5, 0.6) is 0 Å². The third-order valence-electron chi connectivity index (χ3n) is 6.14. The number of anilines is 1. The zero-order valence-electron chi connectivity index (χ0n) is 18.2. The summed E-state index contributed by atoms with van der Waals surface area (Å²) in [7, 11) is 0. The van der Waals surface area contributed by atoms with E-state index in [1.807, 2.05) is 6.07 Å². The summed E-state index contributed by atoms with van der Waals surface area (Å²) in [6, 6.07) is 13.6. The third kappa shape index (κ3) is 5.93. The number of hydrogen-bond acceptors (Lipinski definition) is 4. The average Bonchev–Trinajstić information content (AvgIpc) is 3.33. The van der Waals surface area contributed by atoms with Crippen molar-refractivity contribution in [1.29, 1.82) is 0 Å². The molecule has 0 bridgehead atoms. The number of piperidine rings is 1. The number of nitrogens with zero attached hydrogens (tertiary/aromatic N) is 1. The van der Waals surface area contributed by atoms with E-state index in [-0.39, 0.29) is 29.7 Å². The number of halogens is 1. The number of rotatable bonds is 7. The van der Waals surface area contributed by atoms with Crippen molar-refractivity contribution >= 4 is 17.5 Å². The molecule has 2 aliphatic heterocycles. The maximum Gasteiger partial charge on any atom is 0.253 e. The topological polar surface area (TPSA) is 70.7 Å². The monoisotopic (exact) mass is 439 g/mol. The Labute approximate surface area is 188 Å². The number of ether oxygens (including phenoxy) is 1. The molecule has 2 saturated heterocycles. The van der Waals surface area contributed by atoms with Crippen LogP contribution in [-0.2, 0) is 16.1 Å². The van der Waals surface area contributed by atoms with E-state index in [9.17, 15) is 14.0 Å². The minimum Gasteiger partial charge on any atom is -0.376 e. The van der Waals surface area contributed by atoms with Crippen molar-refractivity contribution in [3.8, 4) is 0 Å². The lowest BCUT2D eigenvalue weighted by atomic mass is 9.96. The second-order valence-electron chi connectivity index (χ2n) is 8.58. The second kappa shape index (κ2) is 10.7. The lowest BCUT2D eigenvalue weighted by molar-refractivity contribution is -0.121. The van der Waals surface area contributed by atoms with Crippen molar-refractivity contribution in [3.63, 3.8) is 0 Å². The number of carbonyl (C=O) groups excluding carboxylic acids is 2. The maximum atomic E-state index is 13.2. The Kier molecular flexibility index (Phi) is 7.50. The summed E-state index contributed by atoms with van der Waals surface area (Å²) >= 11 is 0. The number of amides is 2. The molecule has 6 nitrogen and oxygen atoms in total. The van der Waals surface area contributed by atoms with Gasteiger partial charge in [0.1, 0.15) is 5.82 Å². The Hall–Kier alpha value is -2.77. The highest BCUT2D eigenvalue weighted by molar-refractivity contribution is 6.04. The molecule has 2 fully saturated rings. The van der Waals surface area contributed by atoms with Crippen molar-refractivity contribution in [1.82, 2.24) is 10.2 Å². The summed E-state index contributed by atoms with van der Waals surface area (Å²) in [5, 5.41) is 5.90. The summed E-state index contributed by atoms with van der Waals surface area (Å²) in [5.74, 6) is -0.693. The molecule has 2 aromatic rings. The van der Waals surface area contributed by atoms with E-state index in [2.05, 4.69) is 15.5 Å². The van der Waals surface area contributed by atoms with Gasteiger partial charge in [-0.05, 0) is 62.1 Å². The molecular formula is C25H30FN3O3. The SMILES string of the molecule is O=C(NCC1CCCO1)c1ccccc1NC(=O)C1CCCN(Cc2ccc(F)cc2)C1. The molecule has 32 heavy (non-hydrogen) atoms. The number of nitrogens with one attached hydrogen (secondary N) is 2. The lowest BCUT2D eigenvalue weighted by Gasteiger charge is -2.32. The predicted octanol–water partition coefficient (Wildman–Crippen LogP) is 3.59. The van der Waals surface area contributed by atoms with Crippen LogP contribution in [0.1, 0.15) is 41.6 Å². The summed E-state index contributed by atoms with van der Waals surface area (Å²) < 4.78 is 18.7. The molecule has 2 atom stereocenters. The molecule has 0 aromatic heterocycles. The number of hydrogen-bond donors (Lipinski definition) is 2. The highest BCUT2D eigenvalue weighted by atomic mass is 19.1. The Morgan fingerprint density at radius 1 is 1.06 bits per heavy atom. The van der Waals surface area contributed by atoms with Gasteiger partial charge in [-0.1, -0.05) is 24.3 Å². The van der Waals surface area contributed by atoms with E-state index in [4.69, 9.17) is 4.74 Å². The van der Waals surface area contributed by atoms with Crippen molar-refractivity contribution in [2.75, 3.05) is 31.6 Å². The molecule has 2 unspecified atom stereocenters. The maximum absolute atomic E-state index is 13.2. The van der Waals surface area contributed by atoms with Crippen molar-refractivity contribution in [3.05, 3.63) is 65.5 Å². The van der Waals surface area contributed by atoms with E-state index in [1.54, 1.807) is 30.3 Å². The first-order valence-electron chi connectivity index (χ1n) is 11.3. The van der Waals surface area contributed by atoms with Gasteiger partial charge < -0.3 is 15.4 Å². The van der Waals surface area contributed by atoms with Gasteiger partial charge in [0, 0.05) is 26.2 Å². The van der Waals surface area contributed by atoms with Crippen LogP contribution in [-0.4, -0.2) is 49.1 Å². The minimum atomic E-state index is -0.247. The smallest absolute Gasteiger partial charge is 0.253 e. The first kappa shape index (κ1) is 22.4. The number of carbonyl (C=O) groups is 2. The van der Waals surface area contributed by atoms with Gasteiger partial charge >= 0.3 is 0 Å². The molecule has 7 heteroatoms. The molecule has 0 saturated carbocycles. The highest BCUT2D eigenvalue weighted by Crippen LogP contribution is 2.22. The molecule has 2 heterocycles. The van der Waals surface area contributed by atoms with Gasteiger partial charge in [-0.2, -0.15) is 0 Å². The van der Waals surface area contributed by atoms with Crippen molar-refractivity contribution in [2.24, 2.45) is 5.92 Å². The normalized spacial score (nSPS) is 21.3. The van der Waals surface area contributed by atoms with E-state index >= 15 is 0 Å². The Balaban J connectivity index is 1.34. The Bertz CT molecular complexity index is 928. The molecule has 0 radical (unpaired) electrons. The molecule has 170 valence electrons. The van der Waals surface area contributed by atoms with Crippen LogP contribution in [0.4, 0.5) is 10.1 Å². The van der Waals surface area contributed by atoms with Crippen LogP contribution in [0, 0.1) is 11.7 Å². The molecule has 2 aliphatic rings. The van der Waals surface area contributed by atoms with Crippen LogP contribution >= 0.6 is 0 Å². The lowest BCUT2D eigenvalue weighted by Crippen LogP contribution is -2.40. The van der Waals surface area contributed by atoms with Gasteiger partial charge in [0.25, 0.3) is 5.91 Å². The Morgan fingerprint density at radius 3 is 2.66 bits per heavy atom. The molecule has 0 aliphatic carbocycles. The number of benzene rings is 2. The zero-order valence-corrected chi connectivity index (χ0v) is 18.2. The predicted molar refractivity (Wildman–Crippen MR) is 121 cm³/mol. The third-order valence-corrected chi connectivity index (χ3v) is 6.14.